The van der Waals surface area contributed by atoms with Crippen LogP contribution in [0, 0.1) is 0 Å². The molecule has 0 saturated carbocycles. The minimum atomic E-state index is -0.780. The molecule has 54 heavy (non-hydrogen) atoms. The van der Waals surface area contributed by atoms with E-state index in [0.717, 1.165) is 22.3 Å². The van der Waals surface area contributed by atoms with Gasteiger partial charge in [-0.15, -0.1) is 0 Å². The highest BCUT2D eigenvalue weighted by molar-refractivity contribution is 6.25. The third-order valence-electron chi connectivity index (χ3n) is 9.17. The lowest BCUT2D eigenvalue weighted by Gasteiger charge is -2.13. The topological polar surface area (TPSA) is 38.7 Å². The summed E-state index contributed by atoms with van der Waals surface area (Å²) in [5, 5.41) is -2.19. The lowest BCUT2D eigenvalue weighted by molar-refractivity contribution is 1.07. The monoisotopic (exact) mass is 702 g/mol. The van der Waals surface area contributed by atoms with Crippen molar-refractivity contribution in [2.45, 2.75) is 0 Å². The van der Waals surface area contributed by atoms with Crippen LogP contribution in [0.25, 0.3) is 99.9 Å². The molecule has 9 aromatic carbocycles. The number of hydrogen-bond acceptors (Lipinski definition) is 3. The summed E-state index contributed by atoms with van der Waals surface area (Å²) in [6.45, 7) is 0. The lowest BCUT2D eigenvalue weighted by Crippen LogP contribution is -2.01. The van der Waals surface area contributed by atoms with E-state index in [1.165, 1.54) is 0 Å². The molecule has 0 atom stereocenters. The summed E-state index contributed by atoms with van der Waals surface area (Å²) in [5.41, 5.74) is 3.36. The van der Waals surface area contributed by atoms with Crippen molar-refractivity contribution in [1.29, 1.82) is 0 Å². The highest BCUT2D eigenvalue weighted by atomic mass is 15.0. The summed E-state index contributed by atoms with van der Waals surface area (Å²) < 4.78 is 136. The fourth-order valence-corrected chi connectivity index (χ4v) is 6.56. The molecule has 10 aromatic rings. The Bertz CT molecular complexity index is 3760. The van der Waals surface area contributed by atoms with Gasteiger partial charge in [0.25, 0.3) is 0 Å². The molecule has 0 bridgehead atoms. The van der Waals surface area contributed by atoms with Gasteiger partial charge in [0.1, 0.15) is 0 Å². The smallest absolute Gasteiger partial charge is 0.164 e. The van der Waals surface area contributed by atoms with Crippen LogP contribution in [0.2, 0.25) is 0 Å². The minimum Gasteiger partial charge on any atom is -0.208 e. The van der Waals surface area contributed by atoms with Gasteiger partial charge in [0.15, 0.2) is 17.5 Å². The predicted octanol–water partition coefficient (Wildman–Crippen LogP) is 13.3. The third kappa shape index (κ3) is 5.69. The fraction of sp³-hybridized carbons (Fsp3) is 0. The number of hydrogen-bond donors (Lipinski definition) is 0. The normalized spacial score (nSPS) is 15.2. The molecule has 0 amide bonds. The van der Waals surface area contributed by atoms with Crippen LogP contribution in [-0.2, 0) is 0 Å². The molecule has 0 spiro atoms. The molecule has 0 unspecified atom stereocenters. The van der Waals surface area contributed by atoms with Crippen molar-refractivity contribution < 1.29 is 20.6 Å². The number of aromatic nitrogens is 3. The number of rotatable bonds is 6. The third-order valence-corrected chi connectivity index (χ3v) is 9.17. The molecule has 0 aliphatic carbocycles. The maximum atomic E-state index is 9.66. The van der Waals surface area contributed by atoms with Crippen LogP contribution < -0.4 is 0 Å². The van der Waals surface area contributed by atoms with E-state index in [0.29, 0.717) is 11.1 Å². The zero-order valence-electron chi connectivity index (χ0n) is 43.2. The average molecular weight is 703 g/mol. The first-order valence-electron chi connectivity index (χ1n) is 24.6. The van der Waals surface area contributed by atoms with E-state index in [4.69, 9.17) is 25.9 Å². The highest BCUT2D eigenvalue weighted by Crippen LogP contribution is 2.38. The fourth-order valence-electron chi connectivity index (χ4n) is 6.56. The number of benzene rings is 9. The average Bonchev–Trinajstić information content (AvgIpc) is 3.37. The SMILES string of the molecule is [2H]c1c([2H])c(-c2c([2H])c([2H])c3c4c([2H])c([2H])c([2H])c([2H])c4c4c([2H])c([2H])c([2H])c([2H])c4c3c2[2H])c([2H])c([2H])c1-c1nc(-c2ccccc2)nc(-c2ccccc2-c2ccc(-c3ccccc3)cc2)n1. The van der Waals surface area contributed by atoms with Gasteiger partial charge in [0.2, 0.25) is 0 Å². The summed E-state index contributed by atoms with van der Waals surface area (Å²) >= 11 is 0. The molecule has 10 rings (SSSR count). The summed E-state index contributed by atoms with van der Waals surface area (Å²) in [5.74, 6) is 0.123. The molecule has 0 aliphatic heterocycles. The van der Waals surface area contributed by atoms with Crippen LogP contribution >= 0.6 is 0 Å². The van der Waals surface area contributed by atoms with E-state index >= 15 is 0 Å². The molecule has 3 nitrogen and oxygen atoms in total. The van der Waals surface area contributed by atoms with Gasteiger partial charge < -0.3 is 0 Å². The van der Waals surface area contributed by atoms with Crippen molar-refractivity contribution in [3.63, 3.8) is 0 Å². The van der Waals surface area contributed by atoms with Crippen molar-refractivity contribution in [3.05, 3.63) is 200 Å². The Labute approximate surface area is 335 Å². The van der Waals surface area contributed by atoms with Gasteiger partial charge in [-0.2, -0.15) is 0 Å². The van der Waals surface area contributed by atoms with Gasteiger partial charge in [0.05, 0.1) is 20.6 Å². The summed E-state index contributed by atoms with van der Waals surface area (Å²) in [6, 6.07) is 23.7. The molecular formula is C51H33N3. The molecule has 3 heteroatoms. The summed E-state index contributed by atoms with van der Waals surface area (Å²) in [6.07, 6.45) is 0. The minimum absolute atomic E-state index is 0.166. The summed E-state index contributed by atoms with van der Waals surface area (Å²) in [4.78, 5) is 14.4. The van der Waals surface area contributed by atoms with Crippen LogP contribution in [-0.4, -0.2) is 15.0 Å². The van der Waals surface area contributed by atoms with Crippen molar-refractivity contribution in [2.75, 3.05) is 0 Å². The zero-order chi connectivity index (χ0) is 48.9. The first-order valence-corrected chi connectivity index (χ1v) is 17.1. The maximum absolute atomic E-state index is 9.66. The van der Waals surface area contributed by atoms with Gasteiger partial charge >= 0.3 is 0 Å². The van der Waals surface area contributed by atoms with Gasteiger partial charge in [0, 0.05) is 16.7 Å². The van der Waals surface area contributed by atoms with E-state index in [9.17, 15) is 9.60 Å². The highest BCUT2D eigenvalue weighted by Gasteiger charge is 2.16. The quantitative estimate of drug-likeness (QED) is 0.162. The van der Waals surface area contributed by atoms with Crippen LogP contribution in [0.1, 0.15) is 20.6 Å². The summed E-state index contributed by atoms with van der Waals surface area (Å²) in [7, 11) is 0. The van der Waals surface area contributed by atoms with Gasteiger partial charge in [-0.25, -0.2) is 15.0 Å². The van der Waals surface area contributed by atoms with Crippen LogP contribution in [0.15, 0.2) is 200 Å². The Balaban J connectivity index is 1.23. The second-order valence-corrected chi connectivity index (χ2v) is 12.4. The molecular weight excluding hydrogens is 655 g/mol. The molecule has 252 valence electrons. The molecule has 0 aliphatic rings. The second-order valence-electron chi connectivity index (χ2n) is 12.4. The molecule has 0 radical (unpaired) electrons. The van der Waals surface area contributed by atoms with E-state index in [1.54, 1.807) is 24.3 Å². The second kappa shape index (κ2) is 13.4. The van der Waals surface area contributed by atoms with Crippen LogP contribution in [0.3, 0.4) is 0 Å². The van der Waals surface area contributed by atoms with Gasteiger partial charge in [-0.05, 0) is 71.7 Å². The van der Waals surface area contributed by atoms with Crippen molar-refractivity contribution in [3.8, 4) is 67.5 Å². The Morgan fingerprint density at radius 1 is 0.278 bits per heavy atom. The van der Waals surface area contributed by atoms with Crippen LogP contribution in [0.4, 0.5) is 0 Å². The van der Waals surface area contributed by atoms with Gasteiger partial charge in [-0.3, -0.25) is 0 Å². The zero-order valence-corrected chi connectivity index (χ0v) is 28.2. The van der Waals surface area contributed by atoms with E-state index < -0.39 is 107 Å². The molecule has 1 aromatic heterocycles. The largest absolute Gasteiger partial charge is 0.208 e. The maximum Gasteiger partial charge on any atom is 0.164 e. The molecule has 0 fully saturated rings. The Kier molecular flexibility index (Phi) is 4.85. The van der Waals surface area contributed by atoms with Crippen molar-refractivity contribution in [2.24, 2.45) is 0 Å². The first-order chi connectivity index (χ1) is 33.0. The Morgan fingerprint density at radius 3 is 1.33 bits per heavy atom. The van der Waals surface area contributed by atoms with Crippen molar-refractivity contribution >= 4 is 32.3 Å². The predicted molar refractivity (Wildman–Crippen MR) is 225 cm³/mol. The molecule has 0 saturated heterocycles. The standard InChI is InChI=1S/C51H33N3/c1-3-13-34(14-4-1)35-23-27-37(28-24-35)41-17-7-12-22-47(41)51-53-49(38-15-5-2-6-16-38)52-50(54-51)39-29-25-36(26-30-39)40-31-32-46-44-20-9-8-18-42(44)43-19-10-11-21-45(43)48(46)33-40/h1-33H/i8D,9D,10D,11D,18D,19D,20D,21D,25D,26D,29D,30D,31D,32D,33D. The van der Waals surface area contributed by atoms with E-state index in [2.05, 4.69) is 0 Å². The Morgan fingerprint density at radius 2 is 0.704 bits per heavy atom. The van der Waals surface area contributed by atoms with Crippen LogP contribution in [0.5, 0.6) is 0 Å². The van der Waals surface area contributed by atoms with E-state index in [1.807, 2.05) is 84.9 Å². The number of nitrogens with zero attached hydrogens (tertiary/aromatic N) is 3. The van der Waals surface area contributed by atoms with Gasteiger partial charge in [-0.1, -0.05) is 194 Å². The Hall–Kier alpha value is -7.23. The molecule has 1 heterocycles. The molecule has 0 N–H and O–H groups in total. The number of fused-ring (bicyclic) bond motifs is 6. The van der Waals surface area contributed by atoms with E-state index in [-0.39, 0.29) is 50.0 Å². The van der Waals surface area contributed by atoms with Crippen molar-refractivity contribution in [1.82, 2.24) is 15.0 Å². The first kappa shape index (κ1) is 19.6. The lowest BCUT2D eigenvalue weighted by atomic mass is 9.92.